The predicted molar refractivity (Wildman–Crippen MR) is 47.0 cm³/mol. The van der Waals surface area contributed by atoms with Gasteiger partial charge in [-0.05, 0) is 0 Å². The summed E-state index contributed by atoms with van der Waals surface area (Å²) in [4.78, 5) is 0. The van der Waals surface area contributed by atoms with Gasteiger partial charge in [0.25, 0.3) is 0 Å². The molecule has 0 unspecified atom stereocenters. The second-order valence-corrected chi connectivity index (χ2v) is 3.12. The van der Waals surface area contributed by atoms with E-state index in [0.717, 1.165) is 5.69 Å². The summed E-state index contributed by atoms with van der Waals surface area (Å²) in [5, 5.41) is 0. The Morgan fingerprint density at radius 2 is 1.80 bits per heavy atom. The van der Waals surface area contributed by atoms with Gasteiger partial charge in [0.1, 0.15) is 0 Å². The fraction of sp³-hybridized carbons (Fsp3) is 0. The first-order valence-corrected chi connectivity index (χ1v) is 4.97. The topological polar surface area (TPSA) is 26.0 Å². The molecule has 0 saturated heterocycles. The molecule has 0 heterocycles. The molecule has 1 rings (SSSR count). The summed E-state index contributed by atoms with van der Waals surface area (Å²) >= 11 is 1.17. The van der Waals surface area contributed by atoms with Crippen molar-refractivity contribution in [1.82, 2.24) is 0 Å². The van der Waals surface area contributed by atoms with Crippen LogP contribution in [0.25, 0.3) is 6.08 Å². The molecule has 0 amide bonds. The fourth-order valence-electron chi connectivity index (χ4n) is 0.718. The van der Waals surface area contributed by atoms with Crippen molar-refractivity contribution in [3.05, 3.63) is 33.9 Å². The van der Waals surface area contributed by atoms with E-state index in [0.29, 0.717) is 0 Å². The molecule has 2 radical (unpaired) electrons. The monoisotopic (exact) mass is 239 g/mol. The zero-order valence-corrected chi connectivity index (χ0v) is 8.91. The Labute approximate surface area is 74.0 Å². The van der Waals surface area contributed by atoms with Gasteiger partial charge in [-0.25, -0.2) is 0 Å². The molecule has 1 aromatic carbocycles. The number of rotatable bonds is 1. The third-order valence-electron chi connectivity index (χ3n) is 1.23. The molecule has 10 heavy (non-hydrogen) atoms. The SMILES string of the molecule is Nc1ccc(C=[CH][SnH])cc1. The van der Waals surface area contributed by atoms with E-state index < -0.39 is 0 Å². The number of anilines is 1. The average molecular weight is 238 g/mol. The third kappa shape index (κ3) is 2.06. The van der Waals surface area contributed by atoms with Gasteiger partial charge in [-0.15, -0.1) is 0 Å². The van der Waals surface area contributed by atoms with E-state index >= 15 is 0 Å². The molecule has 0 saturated carbocycles. The van der Waals surface area contributed by atoms with Gasteiger partial charge in [0.15, 0.2) is 0 Å². The second-order valence-electron chi connectivity index (χ2n) is 2.03. The minimum atomic E-state index is 0.824. The van der Waals surface area contributed by atoms with Crippen LogP contribution in [0.3, 0.4) is 0 Å². The van der Waals surface area contributed by atoms with Gasteiger partial charge >= 0.3 is 73.9 Å². The van der Waals surface area contributed by atoms with Crippen LogP contribution in [0, 0.1) is 0 Å². The molecule has 1 aromatic rings. The molecule has 2 heteroatoms. The van der Waals surface area contributed by atoms with E-state index in [1.807, 2.05) is 24.3 Å². The number of hydrogen-bond acceptors (Lipinski definition) is 1. The normalized spacial score (nSPS) is 10.5. The van der Waals surface area contributed by atoms with E-state index in [-0.39, 0.29) is 0 Å². The second kappa shape index (κ2) is 3.66. The Morgan fingerprint density at radius 3 is 2.30 bits per heavy atom. The summed E-state index contributed by atoms with van der Waals surface area (Å²) in [5.41, 5.74) is 7.55. The van der Waals surface area contributed by atoms with Crippen LogP contribution in [-0.4, -0.2) is 22.5 Å². The van der Waals surface area contributed by atoms with Crippen LogP contribution in [0.15, 0.2) is 28.4 Å². The van der Waals surface area contributed by atoms with Crippen LogP contribution >= 0.6 is 0 Å². The van der Waals surface area contributed by atoms with E-state index in [1.165, 1.54) is 28.1 Å². The van der Waals surface area contributed by atoms with Crippen molar-refractivity contribution >= 4 is 34.3 Å². The number of benzene rings is 1. The Hall–Kier alpha value is -0.441. The molecule has 0 aromatic heterocycles. The van der Waals surface area contributed by atoms with Crippen molar-refractivity contribution in [3.8, 4) is 0 Å². The summed E-state index contributed by atoms with van der Waals surface area (Å²) in [6, 6.07) is 7.86. The van der Waals surface area contributed by atoms with Crippen LogP contribution in [0.5, 0.6) is 0 Å². The van der Waals surface area contributed by atoms with Crippen molar-refractivity contribution < 1.29 is 0 Å². The van der Waals surface area contributed by atoms with Crippen LogP contribution < -0.4 is 5.73 Å². The third-order valence-corrected chi connectivity index (χ3v) is 1.77. The van der Waals surface area contributed by atoms with Gasteiger partial charge in [-0.3, -0.25) is 0 Å². The number of hydrogen-bond donors (Lipinski definition) is 1. The van der Waals surface area contributed by atoms with Crippen molar-refractivity contribution in [2.75, 3.05) is 5.73 Å². The summed E-state index contributed by atoms with van der Waals surface area (Å²) in [6.07, 6.45) is 2.10. The molecule has 50 valence electrons. The Morgan fingerprint density at radius 1 is 1.20 bits per heavy atom. The van der Waals surface area contributed by atoms with Crippen molar-refractivity contribution in [2.24, 2.45) is 0 Å². The summed E-state index contributed by atoms with van der Waals surface area (Å²) in [5.74, 6) is 0. The van der Waals surface area contributed by atoms with E-state index in [2.05, 4.69) is 10.2 Å². The van der Waals surface area contributed by atoms with Gasteiger partial charge in [0.2, 0.25) is 0 Å². The van der Waals surface area contributed by atoms with Crippen LogP contribution in [0.4, 0.5) is 5.69 Å². The summed E-state index contributed by atoms with van der Waals surface area (Å²) < 4.78 is 2.14. The van der Waals surface area contributed by atoms with E-state index in [1.54, 1.807) is 0 Å². The van der Waals surface area contributed by atoms with Gasteiger partial charge in [0.05, 0.1) is 0 Å². The van der Waals surface area contributed by atoms with Crippen molar-refractivity contribution in [1.29, 1.82) is 0 Å². The summed E-state index contributed by atoms with van der Waals surface area (Å²) in [7, 11) is 0. The Balaban J connectivity index is 2.89. The molecule has 0 atom stereocenters. The molecule has 0 fully saturated rings. The van der Waals surface area contributed by atoms with Crippen molar-refractivity contribution in [3.63, 3.8) is 0 Å². The molecule has 2 N–H and O–H groups in total. The first-order valence-electron chi connectivity index (χ1n) is 3.07. The fourth-order valence-corrected chi connectivity index (χ4v) is 1.35. The first kappa shape index (κ1) is 7.66. The number of nitrogens with two attached hydrogens (primary N) is 1. The van der Waals surface area contributed by atoms with Gasteiger partial charge in [0, 0.05) is 0 Å². The van der Waals surface area contributed by atoms with E-state index in [9.17, 15) is 0 Å². The maximum atomic E-state index is 5.51. The minimum absolute atomic E-state index is 0.824. The summed E-state index contributed by atoms with van der Waals surface area (Å²) in [6.45, 7) is 0. The van der Waals surface area contributed by atoms with Gasteiger partial charge in [-0.1, -0.05) is 0 Å². The quantitative estimate of drug-likeness (QED) is 0.576. The Bertz CT molecular complexity index is 226. The molecular weight excluding hydrogens is 229 g/mol. The number of nitrogen functional groups attached to an aromatic ring is 1. The van der Waals surface area contributed by atoms with Gasteiger partial charge < -0.3 is 0 Å². The van der Waals surface area contributed by atoms with E-state index in [4.69, 9.17) is 5.73 Å². The zero-order chi connectivity index (χ0) is 7.40. The van der Waals surface area contributed by atoms with Crippen LogP contribution in [0.2, 0.25) is 0 Å². The predicted octanol–water partition coefficient (Wildman–Crippen LogP) is 1.14. The van der Waals surface area contributed by atoms with Crippen LogP contribution in [0.1, 0.15) is 5.56 Å². The standard InChI is InChI=1S/C8H8N.Sn.H/c1-2-7-3-5-8(9)6-4-7;;/h1-6H,9H2;;. The zero-order valence-electron chi connectivity index (χ0n) is 5.62. The Kier molecular flexibility index (Phi) is 2.80. The molecule has 1 nitrogen and oxygen atoms in total. The molecule has 0 aliphatic heterocycles. The molecule has 0 aliphatic carbocycles. The van der Waals surface area contributed by atoms with Gasteiger partial charge in [-0.2, -0.15) is 0 Å². The van der Waals surface area contributed by atoms with Crippen LogP contribution in [-0.2, 0) is 0 Å². The van der Waals surface area contributed by atoms with Crippen molar-refractivity contribution in [2.45, 2.75) is 0 Å². The molecule has 0 bridgehead atoms. The molecule has 0 spiro atoms. The maximum absolute atomic E-state index is 5.51. The first-order chi connectivity index (χ1) is 4.83. The average Bonchev–Trinajstić information content (AvgIpc) is 1.95. The molecular formula is C8H9NSn. The molecule has 0 aliphatic rings.